The number of ketones is 2. The molecule has 0 saturated carbocycles. The molecule has 73 heavy (non-hydrogen) atoms. The fraction of sp³-hybridized carbons (Fsp3) is 0.860. The number of alkyl halides is 8. The first-order valence-corrected chi connectivity index (χ1v) is 27.1. The molecule has 0 saturated heterocycles. The molecule has 8 nitrogen and oxygen atoms in total. The molecule has 3 unspecified atom stereocenters. The summed E-state index contributed by atoms with van der Waals surface area (Å²) in [4.78, 5) is 47.5. The van der Waals surface area contributed by atoms with Crippen LogP contribution in [0.1, 0.15) is 207 Å². The highest BCUT2D eigenvalue weighted by atomic mass is 19.3. The third kappa shape index (κ3) is 34.3. The highest BCUT2D eigenvalue weighted by Gasteiger charge is 2.60. The third-order valence-corrected chi connectivity index (χ3v) is 12.6. The molecule has 2 amide bonds. The van der Waals surface area contributed by atoms with E-state index in [1.54, 1.807) is 53.7 Å². The Bertz CT molecular complexity index is 1530. The third-order valence-electron chi connectivity index (χ3n) is 12.6. The molecule has 0 rings (SSSR count). The second-order valence-corrected chi connectivity index (χ2v) is 22.5. The number of nitrogens with one attached hydrogen (secondary N) is 2. The highest BCUT2D eigenvalue weighted by Crippen LogP contribution is 2.45. The van der Waals surface area contributed by atoms with E-state index in [1.807, 2.05) is 13.8 Å². The zero-order valence-electron chi connectivity index (χ0n) is 48.0. The maximum atomic E-state index is 14.4. The first kappa shape index (κ1) is 74.2. The van der Waals surface area contributed by atoms with E-state index in [2.05, 4.69) is 44.9 Å². The van der Waals surface area contributed by atoms with Gasteiger partial charge in [-0.05, 0) is 55.3 Å². The van der Waals surface area contributed by atoms with Crippen molar-refractivity contribution in [1.29, 1.82) is 0 Å². The van der Waals surface area contributed by atoms with Gasteiger partial charge in [0, 0.05) is 68.9 Å². The summed E-state index contributed by atoms with van der Waals surface area (Å²) in [5, 5.41) is 5.79. The molecule has 0 spiro atoms. The second-order valence-electron chi connectivity index (χ2n) is 22.5. The molecule has 0 aromatic carbocycles. The Labute approximate surface area is 437 Å². The van der Waals surface area contributed by atoms with Crippen molar-refractivity contribution in [3.05, 3.63) is 25.0 Å². The Balaban J connectivity index is -0.00000108. The summed E-state index contributed by atoms with van der Waals surface area (Å²) in [6.45, 7) is 31.5. The minimum atomic E-state index is -4.21. The first-order chi connectivity index (χ1) is 33.5. The topological polar surface area (TPSA) is 111 Å². The van der Waals surface area contributed by atoms with E-state index in [9.17, 15) is 54.3 Å². The summed E-state index contributed by atoms with van der Waals surface area (Å²) >= 11 is 0. The molecule has 0 aromatic rings. The van der Waals surface area contributed by atoms with Crippen molar-refractivity contribution < 1.29 is 63.8 Å². The maximum Gasteiger partial charge on any atom is 0.314 e. The van der Waals surface area contributed by atoms with Gasteiger partial charge in [-0.1, -0.05) is 162 Å². The largest absolute Gasteiger partial charge is 0.498 e. The lowest BCUT2D eigenvalue weighted by molar-refractivity contribution is -0.246. The van der Waals surface area contributed by atoms with Crippen LogP contribution in [0.3, 0.4) is 0 Å². The molecule has 0 aliphatic carbocycles. The minimum absolute atomic E-state index is 0.0105. The van der Waals surface area contributed by atoms with E-state index in [1.165, 1.54) is 32.1 Å². The lowest BCUT2D eigenvalue weighted by Gasteiger charge is -2.34. The summed E-state index contributed by atoms with van der Waals surface area (Å²) in [5.41, 5.74) is 0. The zero-order chi connectivity index (χ0) is 57.3. The summed E-state index contributed by atoms with van der Waals surface area (Å²) in [6.07, 6.45) is 11.3. The zero-order valence-corrected chi connectivity index (χ0v) is 48.0. The maximum absolute atomic E-state index is 14.4. The Morgan fingerprint density at radius 2 is 0.945 bits per heavy atom. The first-order valence-electron chi connectivity index (χ1n) is 27.1. The van der Waals surface area contributed by atoms with Crippen LogP contribution in [-0.4, -0.2) is 79.0 Å². The van der Waals surface area contributed by atoms with Crippen LogP contribution < -0.4 is 10.6 Å². The van der Waals surface area contributed by atoms with E-state index < -0.39 is 66.5 Å². The highest BCUT2D eigenvalue weighted by molar-refractivity contribution is 5.82. The van der Waals surface area contributed by atoms with Crippen molar-refractivity contribution >= 4 is 23.4 Å². The number of rotatable bonds is 38. The van der Waals surface area contributed by atoms with Gasteiger partial charge in [0.2, 0.25) is 11.8 Å². The standard InChI is InChI=1S/C26H47F4NO3.C19H35NO2.C12H20F4O/c1-17(2)10-9-13-31-24(33)12-11-21(14-22(32)18(3)4)16-34-23(19(5)6)15-25(27,28)26(29,30)20(7)8;1-16(2)12-8-6-5-7-11-15-20-19(22)14-10-9-13-18(21)17(3)4;1-6-17-10(8(2)3)7-11(13,14)12(15,16)9(4)5/h17-21,23H,9-16H2,1-8H3,(H,31,33);9-10,16-17H,5-8,11-15H2,1-4H3,(H,20,22);6,8-10H,1,7H2,2-5H3/b;10-9+;. The van der Waals surface area contributed by atoms with Crippen LogP contribution in [0, 0.1) is 53.3 Å². The number of ether oxygens (including phenoxy) is 2. The molecule has 0 aliphatic rings. The molecule has 432 valence electrons. The molecular formula is C57H102F8N2O6. The van der Waals surface area contributed by atoms with Crippen molar-refractivity contribution in [2.75, 3.05) is 19.7 Å². The average Bonchev–Trinajstić information content (AvgIpc) is 3.27. The number of hydrogen-bond acceptors (Lipinski definition) is 6. The Hall–Kier alpha value is -3.04. The van der Waals surface area contributed by atoms with Gasteiger partial charge < -0.3 is 20.1 Å². The molecule has 16 heteroatoms. The molecule has 0 radical (unpaired) electrons. The predicted octanol–water partition coefficient (Wildman–Crippen LogP) is 16.1. The van der Waals surface area contributed by atoms with Crippen LogP contribution in [0.2, 0.25) is 0 Å². The summed E-state index contributed by atoms with van der Waals surface area (Å²) < 4.78 is 121. The molecular weight excluding hydrogens is 961 g/mol. The number of allylic oxidation sites excluding steroid dienone is 1. The number of amides is 2. The van der Waals surface area contributed by atoms with Gasteiger partial charge >= 0.3 is 23.7 Å². The molecule has 0 aliphatic heterocycles. The summed E-state index contributed by atoms with van der Waals surface area (Å²) in [6, 6.07) is 0. The Kier molecular flexibility index (Phi) is 39.1. The lowest BCUT2D eigenvalue weighted by atomic mass is 9.91. The van der Waals surface area contributed by atoms with E-state index in [4.69, 9.17) is 9.47 Å². The van der Waals surface area contributed by atoms with Crippen molar-refractivity contribution in [3.8, 4) is 0 Å². The quantitative estimate of drug-likeness (QED) is 0.0276. The average molecular weight is 1060 g/mol. The van der Waals surface area contributed by atoms with Crippen LogP contribution in [0.4, 0.5) is 35.1 Å². The number of Topliss-reactive ketones (excluding diaryl/α,β-unsaturated/α-hetero) is 2. The molecule has 0 aromatic heterocycles. The monoisotopic (exact) mass is 1060 g/mol. The fourth-order valence-corrected chi connectivity index (χ4v) is 6.99. The smallest absolute Gasteiger partial charge is 0.314 e. The second kappa shape index (κ2) is 38.5. The molecule has 2 N–H and O–H groups in total. The van der Waals surface area contributed by atoms with E-state index in [0.29, 0.717) is 31.7 Å². The molecule has 3 atom stereocenters. The number of carbonyl (C=O) groups excluding carboxylic acids is 4. The van der Waals surface area contributed by atoms with Gasteiger partial charge in [0.25, 0.3) is 0 Å². The number of carbonyl (C=O) groups is 4. The van der Waals surface area contributed by atoms with E-state index in [0.717, 1.165) is 65.7 Å². The van der Waals surface area contributed by atoms with Gasteiger partial charge in [-0.2, -0.15) is 35.1 Å². The Morgan fingerprint density at radius 1 is 0.521 bits per heavy atom. The molecule has 0 fully saturated rings. The van der Waals surface area contributed by atoms with Crippen molar-refractivity contribution in [1.82, 2.24) is 10.6 Å². The van der Waals surface area contributed by atoms with Gasteiger partial charge in [-0.25, -0.2) is 0 Å². The van der Waals surface area contributed by atoms with Crippen molar-refractivity contribution in [2.45, 2.75) is 243 Å². The minimum Gasteiger partial charge on any atom is -0.498 e. The van der Waals surface area contributed by atoms with Crippen LogP contribution in [-0.2, 0) is 28.7 Å². The lowest BCUT2D eigenvalue weighted by Crippen LogP contribution is -2.47. The molecule has 0 bridgehead atoms. The van der Waals surface area contributed by atoms with Gasteiger partial charge in [-0.3, -0.25) is 19.2 Å². The van der Waals surface area contributed by atoms with Crippen LogP contribution in [0.5, 0.6) is 0 Å². The van der Waals surface area contributed by atoms with Crippen molar-refractivity contribution in [3.63, 3.8) is 0 Å². The fourth-order valence-electron chi connectivity index (χ4n) is 6.99. The summed E-state index contributed by atoms with van der Waals surface area (Å²) in [7, 11) is 0. The SMILES string of the molecule is C=COC(CC(F)(F)C(F)(F)C(C)C)C(C)C.CC(C)CCCCCCCNC(=O)C/C=C/CC(=O)C(C)C.CC(C)CCCNC(=O)CCC(COC(CC(F)(F)C(F)(F)C(C)C)C(C)C)CC(=O)C(C)C. The van der Waals surface area contributed by atoms with Gasteiger partial charge in [0.05, 0.1) is 25.4 Å². The number of hydrogen-bond donors (Lipinski definition) is 2. The van der Waals surface area contributed by atoms with Gasteiger partial charge in [0.1, 0.15) is 17.7 Å². The normalized spacial score (nSPS) is 13.9. The summed E-state index contributed by atoms with van der Waals surface area (Å²) in [5.74, 6) is -19.1. The van der Waals surface area contributed by atoms with Gasteiger partial charge in [-0.15, -0.1) is 0 Å². The van der Waals surface area contributed by atoms with Crippen LogP contribution in [0.25, 0.3) is 0 Å². The number of halogens is 8. The van der Waals surface area contributed by atoms with E-state index >= 15 is 0 Å². The van der Waals surface area contributed by atoms with Gasteiger partial charge in [0.15, 0.2) is 0 Å². The predicted molar refractivity (Wildman–Crippen MR) is 281 cm³/mol. The van der Waals surface area contributed by atoms with Crippen LogP contribution in [0.15, 0.2) is 25.0 Å². The van der Waals surface area contributed by atoms with Crippen LogP contribution >= 0.6 is 0 Å². The van der Waals surface area contributed by atoms with Crippen molar-refractivity contribution in [2.24, 2.45) is 53.3 Å². The molecule has 0 heterocycles. The Morgan fingerprint density at radius 3 is 1.40 bits per heavy atom. The number of unbranched alkanes of at least 4 members (excludes halogenated alkanes) is 4. The van der Waals surface area contributed by atoms with E-state index in [-0.39, 0.29) is 66.5 Å².